The van der Waals surface area contributed by atoms with Crippen LogP contribution in [-0.2, 0) is 32.0 Å². The summed E-state index contributed by atoms with van der Waals surface area (Å²) in [7, 11) is 0. The van der Waals surface area contributed by atoms with E-state index in [1.807, 2.05) is 0 Å². The minimum absolute atomic E-state index is 0. The van der Waals surface area contributed by atoms with Crippen LogP contribution in [0.5, 0.6) is 0 Å². The van der Waals surface area contributed by atoms with E-state index in [2.05, 4.69) is 0 Å². The Hall–Kier alpha value is -0.0657. The van der Waals surface area contributed by atoms with Crippen LogP contribution in [0.25, 0.3) is 0 Å². The third-order valence-corrected chi connectivity index (χ3v) is 0.231. The van der Waals surface area contributed by atoms with E-state index in [0.29, 0.717) is 0 Å². The number of halogens is 3. The topological polar surface area (TPSA) is 68.6 Å². The summed E-state index contributed by atoms with van der Waals surface area (Å²) in [5.41, 5.74) is 0. The summed E-state index contributed by atoms with van der Waals surface area (Å²) >= 11 is 0. The molecule has 0 saturated carbocycles. The van der Waals surface area contributed by atoms with Crippen LogP contribution in [0.1, 0.15) is 0 Å². The second-order valence-electron chi connectivity index (χ2n) is 0.785. The molecule has 0 rings (SSSR count). The molecule has 0 saturated heterocycles. The molecule has 0 aliphatic carbocycles. The summed E-state index contributed by atoms with van der Waals surface area (Å²) in [6.07, 6.45) is -5.19. The van der Waals surface area contributed by atoms with Crippen molar-refractivity contribution < 1.29 is 50.3 Å². The molecule has 0 unspecified atom stereocenters. The van der Waals surface area contributed by atoms with Crippen LogP contribution in [0.4, 0.5) is 13.2 Å². The van der Waals surface area contributed by atoms with Crippen LogP contribution < -0.4 is 5.11 Å². The van der Waals surface area contributed by atoms with E-state index in [0.717, 1.165) is 0 Å². The third-order valence-electron chi connectivity index (χ3n) is 0.231. The maximum absolute atomic E-state index is 10.5. The van der Waals surface area contributed by atoms with Crippen LogP contribution in [0, 0.1) is 0 Å². The predicted octanol–water partition coefficient (Wildman–Crippen LogP) is -0.823. The SMILES string of the molecule is O=C([O-])C(F)(F)F.[O-2].[Ti+4]. The second kappa shape index (κ2) is 4.78. The molecular formula is C2F3O3Ti+. The van der Waals surface area contributed by atoms with Crippen LogP contribution in [-0.4, -0.2) is 12.1 Å². The van der Waals surface area contributed by atoms with Crippen molar-refractivity contribution in [2.45, 2.75) is 6.18 Å². The van der Waals surface area contributed by atoms with Gasteiger partial charge < -0.3 is 15.4 Å². The van der Waals surface area contributed by atoms with Crippen molar-refractivity contribution in [1.82, 2.24) is 0 Å². The van der Waals surface area contributed by atoms with Gasteiger partial charge in [0.2, 0.25) is 0 Å². The summed E-state index contributed by atoms with van der Waals surface area (Å²) in [5, 5.41) is 8.78. The van der Waals surface area contributed by atoms with Crippen molar-refractivity contribution >= 4 is 5.97 Å². The van der Waals surface area contributed by atoms with Crippen molar-refractivity contribution in [2.75, 3.05) is 0 Å². The zero-order valence-electron chi connectivity index (χ0n) is 3.86. The third kappa shape index (κ3) is 7.93. The molecule has 0 aromatic rings. The monoisotopic (exact) mass is 177 g/mol. The molecule has 0 aliphatic heterocycles. The fourth-order valence-corrected chi connectivity index (χ4v) is 0. The van der Waals surface area contributed by atoms with Gasteiger partial charge in [0.1, 0.15) is 5.97 Å². The molecule has 0 bridgehead atoms. The average molecular weight is 177 g/mol. The smallest absolute Gasteiger partial charge is 2.00 e. The average Bonchev–Trinajstić information content (AvgIpc) is 1.31. The van der Waals surface area contributed by atoms with Crippen LogP contribution in [0.3, 0.4) is 0 Å². The molecule has 0 radical (unpaired) electrons. The van der Waals surface area contributed by atoms with E-state index in [1.54, 1.807) is 0 Å². The zero-order chi connectivity index (χ0) is 6.08. The molecule has 0 heterocycles. The van der Waals surface area contributed by atoms with Gasteiger partial charge in [-0.1, -0.05) is 0 Å². The predicted molar refractivity (Wildman–Crippen MR) is 11.7 cm³/mol. The molecule has 0 aliphatic rings. The summed E-state index contributed by atoms with van der Waals surface area (Å²) in [5.74, 6) is -3.01. The first kappa shape index (κ1) is 16.0. The minimum atomic E-state index is -5.19. The molecule has 3 nitrogen and oxygen atoms in total. The van der Waals surface area contributed by atoms with E-state index in [4.69, 9.17) is 9.90 Å². The first-order valence-corrected chi connectivity index (χ1v) is 1.23. The number of rotatable bonds is 0. The van der Waals surface area contributed by atoms with Gasteiger partial charge >= 0.3 is 27.9 Å². The van der Waals surface area contributed by atoms with Crippen molar-refractivity contribution in [1.29, 1.82) is 0 Å². The van der Waals surface area contributed by atoms with Gasteiger partial charge in [-0.2, -0.15) is 13.2 Å². The van der Waals surface area contributed by atoms with Crippen LogP contribution >= 0.6 is 0 Å². The number of alkyl halides is 3. The Morgan fingerprint density at radius 1 is 1.33 bits per heavy atom. The second-order valence-corrected chi connectivity index (χ2v) is 0.785. The number of aliphatic carboxylic acids is 1. The van der Waals surface area contributed by atoms with Crippen molar-refractivity contribution in [3.63, 3.8) is 0 Å². The number of carboxylic acid groups (broad SMARTS) is 1. The van der Waals surface area contributed by atoms with Gasteiger partial charge in [0.25, 0.3) is 0 Å². The summed E-state index contributed by atoms with van der Waals surface area (Å²) < 4.78 is 31.5. The molecule has 7 heteroatoms. The molecule has 0 amide bonds. The van der Waals surface area contributed by atoms with Crippen LogP contribution in [0.2, 0.25) is 0 Å². The maximum atomic E-state index is 10.5. The first-order chi connectivity index (χ1) is 2.94. The Kier molecular flexibility index (Phi) is 8.48. The Labute approximate surface area is 63.0 Å². The largest absolute Gasteiger partial charge is 4.00 e. The molecular weight excluding hydrogens is 177 g/mol. The van der Waals surface area contributed by atoms with Crippen molar-refractivity contribution in [3.8, 4) is 0 Å². The molecule has 50 valence electrons. The standard InChI is InChI=1S/C2HF3O2.O.Ti/c3-2(4,5)1(6)7;;/h(H,6,7);;/q;-2;+4/p-1. The molecule has 0 N–H and O–H groups in total. The summed E-state index contributed by atoms with van der Waals surface area (Å²) in [6.45, 7) is 0. The number of carbonyl (C=O) groups is 1. The van der Waals surface area contributed by atoms with Gasteiger partial charge in [-0.15, -0.1) is 0 Å². The van der Waals surface area contributed by atoms with Gasteiger partial charge in [0.05, 0.1) is 0 Å². The Bertz CT molecular complexity index is 89.5. The van der Waals surface area contributed by atoms with Crippen LogP contribution in [0.15, 0.2) is 0 Å². The van der Waals surface area contributed by atoms with Gasteiger partial charge in [-0.05, 0) is 0 Å². The summed E-state index contributed by atoms with van der Waals surface area (Å²) in [6, 6.07) is 0. The Balaban J connectivity index is -0.000000180. The quantitative estimate of drug-likeness (QED) is 0.453. The summed E-state index contributed by atoms with van der Waals surface area (Å²) in [4.78, 5) is 8.78. The van der Waals surface area contributed by atoms with Gasteiger partial charge in [-0.3, -0.25) is 0 Å². The molecule has 9 heavy (non-hydrogen) atoms. The minimum Gasteiger partial charge on any atom is -2.00 e. The van der Waals surface area contributed by atoms with E-state index < -0.39 is 12.1 Å². The molecule has 0 aromatic carbocycles. The maximum Gasteiger partial charge on any atom is 4.00 e. The number of carboxylic acids is 1. The zero-order valence-corrected chi connectivity index (χ0v) is 5.42. The molecule has 0 spiro atoms. The fraction of sp³-hybridized carbons (Fsp3) is 0.500. The first-order valence-electron chi connectivity index (χ1n) is 1.23. The molecule has 0 atom stereocenters. The molecule has 0 fully saturated rings. The van der Waals surface area contributed by atoms with E-state index in [-0.39, 0.29) is 27.2 Å². The van der Waals surface area contributed by atoms with Crippen molar-refractivity contribution in [3.05, 3.63) is 0 Å². The van der Waals surface area contributed by atoms with Crippen molar-refractivity contribution in [2.24, 2.45) is 0 Å². The fourth-order valence-electron chi connectivity index (χ4n) is 0. The van der Waals surface area contributed by atoms with Gasteiger partial charge in [0, 0.05) is 0 Å². The van der Waals surface area contributed by atoms with E-state index >= 15 is 0 Å². The normalized spacial score (nSPS) is 8.78. The molecule has 0 aromatic heterocycles. The van der Waals surface area contributed by atoms with E-state index in [9.17, 15) is 13.2 Å². The Morgan fingerprint density at radius 3 is 1.44 bits per heavy atom. The van der Waals surface area contributed by atoms with Gasteiger partial charge in [0.15, 0.2) is 0 Å². The number of carbonyl (C=O) groups excluding carboxylic acids is 1. The van der Waals surface area contributed by atoms with Gasteiger partial charge in [-0.25, -0.2) is 0 Å². The van der Waals surface area contributed by atoms with E-state index in [1.165, 1.54) is 0 Å². The Morgan fingerprint density at radius 2 is 1.44 bits per heavy atom. The number of hydrogen-bond acceptors (Lipinski definition) is 2. The number of hydrogen-bond donors (Lipinski definition) is 0.